The molecule has 1 aromatic carbocycles. The van der Waals surface area contributed by atoms with Gasteiger partial charge in [0.1, 0.15) is 5.82 Å². The van der Waals surface area contributed by atoms with Gasteiger partial charge in [-0.1, -0.05) is 12.1 Å². The number of carboxylic acid groups (broad SMARTS) is 1. The van der Waals surface area contributed by atoms with Crippen molar-refractivity contribution in [1.29, 1.82) is 0 Å². The molecule has 25 heavy (non-hydrogen) atoms. The highest BCUT2D eigenvalue weighted by atomic mass is 32.1. The molecule has 0 bridgehead atoms. The Morgan fingerprint density at radius 3 is 2.56 bits per heavy atom. The maximum Gasteiger partial charge on any atom is 0.308 e. The van der Waals surface area contributed by atoms with Gasteiger partial charge >= 0.3 is 5.97 Å². The maximum absolute atomic E-state index is 13.1. The van der Waals surface area contributed by atoms with Crippen molar-refractivity contribution < 1.29 is 19.1 Å². The number of nitrogens with zero attached hydrogens (tertiary/aromatic N) is 1. The smallest absolute Gasteiger partial charge is 0.308 e. The number of hydrogen-bond donors (Lipinski definition) is 1. The van der Waals surface area contributed by atoms with Gasteiger partial charge in [0, 0.05) is 17.5 Å². The van der Waals surface area contributed by atoms with Crippen LogP contribution in [0.1, 0.15) is 35.0 Å². The minimum atomic E-state index is -0.848. The number of carbonyl (C=O) groups is 2. The lowest BCUT2D eigenvalue weighted by Gasteiger charge is -2.36. The molecule has 1 saturated heterocycles. The second kappa shape index (κ2) is 6.96. The number of carboxylic acids is 1. The summed E-state index contributed by atoms with van der Waals surface area (Å²) < 4.78 is 13.1. The Balaban J connectivity index is 1.86. The third-order valence-corrected chi connectivity index (χ3v) is 6.00. The first-order chi connectivity index (χ1) is 11.9. The molecule has 1 aliphatic heterocycles. The predicted octanol–water partition coefficient (Wildman–Crippen LogP) is 4.19. The van der Waals surface area contributed by atoms with Crippen LogP contribution < -0.4 is 0 Å². The summed E-state index contributed by atoms with van der Waals surface area (Å²) in [6.07, 6.45) is 1.29. The molecule has 2 atom stereocenters. The predicted molar refractivity (Wildman–Crippen MR) is 95.3 cm³/mol. The van der Waals surface area contributed by atoms with E-state index in [9.17, 15) is 19.1 Å². The first-order valence-electron chi connectivity index (χ1n) is 8.27. The highest BCUT2D eigenvalue weighted by Crippen LogP contribution is 2.34. The average Bonchev–Trinajstić information content (AvgIpc) is 2.97. The topological polar surface area (TPSA) is 57.6 Å². The molecule has 1 N–H and O–H groups in total. The van der Waals surface area contributed by atoms with Crippen molar-refractivity contribution >= 4 is 23.2 Å². The van der Waals surface area contributed by atoms with Gasteiger partial charge in [0.15, 0.2) is 0 Å². The molecule has 6 heteroatoms. The molecule has 0 radical (unpaired) electrons. The van der Waals surface area contributed by atoms with Gasteiger partial charge in [-0.25, -0.2) is 4.39 Å². The zero-order valence-electron chi connectivity index (χ0n) is 14.2. The highest BCUT2D eigenvalue weighted by molar-refractivity contribution is 7.17. The number of aryl methyl sites for hydroxylation is 1. The molecule has 1 aliphatic rings. The molecule has 2 aromatic rings. The van der Waals surface area contributed by atoms with Gasteiger partial charge in [-0.3, -0.25) is 9.59 Å². The van der Waals surface area contributed by atoms with Crippen molar-refractivity contribution in [3.05, 3.63) is 46.6 Å². The Morgan fingerprint density at radius 2 is 1.92 bits per heavy atom. The Morgan fingerprint density at radius 1 is 1.24 bits per heavy atom. The van der Waals surface area contributed by atoms with E-state index in [1.807, 2.05) is 19.9 Å². The van der Waals surface area contributed by atoms with Crippen LogP contribution in [0.5, 0.6) is 0 Å². The van der Waals surface area contributed by atoms with Crippen LogP contribution in [0.4, 0.5) is 4.39 Å². The zero-order chi connectivity index (χ0) is 18.1. The number of rotatable bonds is 3. The molecule has 132 valence electrons. The fourth-order valence-electron chi connectivity index (χ4n) is 3.21. The third kappa shape index (κ3) is 3.58. The lowest BCUT2D eigenvalue weighted by Crippen LogP contribution is -2.47. The van der Waals surface area contributed by atoms with Gasteiger partial charge in [0.05, 0.1) is 10.8 Å². The van der Waals surface area contributed by atoms with E-state index >= 15 is 0 Å². The van der Waals surface area contributed by atoms with Crippen LogP contribution in [-0.4, -0.2) is 34.5 Å². The number of thiophene rings is 1. The van der Waals surface area contributed by atoms with Crippen molar-refractivity contribution in [2.24, 2.45) is 5.92 Å². The SMILES string of the molecule is Cc1cc(C(=O)N2CC(C(=O)O)CCC2C)sc1-c1ccc(F)cc1. The molecule has 1 aromatic heterocycles. The van der Waals surface area contributed by atoms with Crippen LogP contribution >= 0.6 is 11.3 Å². The van der Waals surface area contributed by atoms with Crippen LogP contribution in [0, 0.1) is 18.7 Å². The third-order valence-electron chi connectivity index (χ3n) is 4.73. The first-order valence-corrected chi connectivity index (χ1v) is 9.08. The summed E-state index contributed by atoms with van der Waals surface area (Å²) in [5.74, 6) is -1.77. The summed E-state index contributed by atoms with van der Waals surface area (Å²) in [7, 11) is 0. The standard InChI is InChI=1S/C19H20FNO3S/c1-11-9-16(25-17(11)13-5-7-15(20)8-6-13)18(22)21-10-14(19(23)24)4-3-12(21)2/h5-9,12,14H,3-4,10H2,1-2H3,(H,23,24). The van der Waals surface area contributed by atoms with E-state index in [0.717, 1.165) is 16.0 Å². The number of carbonyl (C=O) groups excluding carboxylic acids is 1. The Hall–Kier alpha value is -2.21. The molecular weight excluding hydrogens is 341 g/mol. The largest absolute Gasteiger partial charge is 0.481 e. The fourth-order valence-corrected chi connectivity index (χ4v) is 4.34. The fraction of sp³-hybridized carbons (Fsp3) is 0.368. The molecule has 0 saturated carbocycles. The number of aliphatic carboxylic acids is 1. The second-order valence-corrected chi connectivity index (χ2v) is 7.60. The Labute approximate surface area is 149 Å². The van der Waals surface area contributed by atoms with Gasteiger partial charge in [0.25, 0.3) is 5.91 Å². The highest BCUT2D eigenvalue weighted by Gasteiger charge is 2.33. The summed E-state index contributed by atoms with van der Waals surface area (Å²) in [4.78, 5) is 27.4. The van der Waals surface area contributed by atoms with Crippen LogP contribution in [0.15, 0.2) is 30.3 Å². The summed E-state index contributed by atoms with van der Waals surface area (Å²) in [6, 6.07) is 8.07. The van der Waals surface area contributed by atoms with E-state index in [2.05, 4.69) is 0 Å². The molecule has 3 rings (SSSR count). The van der Waals surface area contributed by atoms with Gasteiger partial charge in [-0.2, -0.15) is 0 Å². The number of benzene rings is 1. The number of hydrogen-bond acceptors (Lipinski definition) is 3. The quantitative estimate of drug-likeness (QED) is 0.892. The van der Waals surface area contributed by atoms with Gasteiger partial charge in [0.2, 0.25) is 0 Å². The molecule has 0 spiro atoms. The van der Waals surface area contributed by atoms with Crippen molar-refractivity contribution in [2.75, 3.05) is 6.54 Å². The Kier molecular flexibility index (Phi) is 4.90. The maximum atomic E-state index is 13.1. The molecular formula is C19H20FNO3S. The molecule has 2 unspecified atom stereocenters. The Bertz CT molecular complexity index is 800. The molecule has 2 heterocycles. The molecule has 0 aliphatic carbocycles. The monoisotopic (exact) mass is 361 g/mol. The van der Waals surface area contributed by atoms with Crippen LogP contribution in [-0.2, 0) is 4.79 Å². The minimum Gasteiger partial charge on any atom is -0.481 e. The van der Waals surface area contributed by atoms with E-state index in [1.165, 1.54) is 23.5 Å². The summed E-state index contributed by atoms with van der Waals surface area (Å²) >= 11 is 1.37. The van der Waals surface area contributed by atoms with Crippen molar-refractivity contribution in [3.63, 3.8) is 0 Å². The summed E-state index contributed by atoms with van der Waals surface area (Å²) in [5, 5.41) is 9.25. The van der Waals surface area contributed by atoms with Crippen molar-refractivity contribution in [1.82, 2.24) is 4.90 Å². The minimum absolute atomic E-state index is 0.0276. The molecule has 1 fully saturated rings. The van der Waals surface area contributed by atoms with Gasteiger partial charge in [-0.15, -0.1) is 11.3 Å². The molecule has 4 nitrogen and oxygen atoms in total. The first kappa shape index (κ1) is 17.6. The van der Waals surface area contributed by atoms with Crippen molar-refractivity contribution in [2.45, 2.75) is 32.7 Å². The van der Waals surface area contributed by atoms with E-state index in [0.29, 0.717) is 17.7 Å². The summed E-state index contributed by atoms with van der Waals surface area (Å²) in [6.45, 7) is 4.13. The zero-order valence-corrected chi connectivity index (χ0v) is 15.0. The summed E-state index contributed by atoms with van der Waals surface area (Å²) in [5.41, 5.74) is 1.83. The van der Waals surface area contributed by atoms with E-state index in [1.54, 1.807) is 17.0 Å². The van der Waals surface area contributed by atoms with Gasteiger partial charge in [-0.05, 0) is 56.0 Å². The number of amides is 1. The van der Waals surface area contributed by atoms with Crippen LogP contribution in [0.25, 0.3) is 10.4 Å². The van der Waals surface area contributed by atoms with Crippen LogP contribution in [0.2, 0.25) is 0 Å². The average molecular weight is 361 g/mol. The second-order valence-electron chi connectivity index (χ2n) is 6.55. The van der Waals surface area contributed by atoms with Crippen molar-refractivity contribution in [3.8, 4) is 10.4 Å². The van der Waals surface area contributed by atoms with Gasteiger partial charge < -0.3 is 10.0 Å². The lowest BCUT2D eigenvalue weighted by molar-refractivity contribution is -0.143. The van der Waals surface area contributed by atoms with E-state index < -0.39 is 11.9 Å². The normalized spacial score (nSPS) is 20.5. The lowest BCUT2D eigenvalue weighted by atomic mass is 9.93. The molecule has 1 amide bonds. The number of piperidine rings is 1. The van der Waals surface area contributed by atoms with Crippen LogP contribution in [0.3, 0.4) is 0 Å². The van der Waals surface area contributed by atoms with E-state index in [4.69, 9.17) is 0 Å². The number of likely N-dealkylation sites (tertiary alicyclic amines) is 1. The number of halogens is 1. The van der Waals surface area contributed by atoms with E-state index in [-0.39, 0.29) is 24.3 Å².